The fourth-order valence-electron chi connectivity index (χ4n) is 4.39. The second-order valence-corrected chi connectivity index (χ2v) is 7.59. The summed E-state index contributed by atoms with van der Waals surface area (Å²) in [5.41, 5.74) is 5.40. The van der Waals surface area contributed by atoms with Gasteiger partial charge in [0.2, 0.25) is 0 Å². The molecule has 0 atom stereocenters. The summed E-state index contributed by atoms with van der Waals surface area (Å²) in [5, 5.41) is 0.485. The third-order valence-corrected chi connectivity index (χ3v) is 5.69. The summed E-state index contributed by atoms with van der Waals surface area (Å²) in [5.74, 6) is 0.518. The minimum atomic E-state index is -3.97. The first-order valence-electron chi connectivity index (χ1n) is 8.79. The zero-order valence-electron chi connectivity index (χ0n) is 15.9. The molecule has 7 heteroatoms. The highest BCUT2D eigenvalue weighted by Gasteiger charge is 2.55. The molecule has 0 amide bonds. The highest BCUT2D eigenvalue weighted by molar-refractivity contribution is 6.58. The Morgan fingerprint density at radius 1 is 1.11 bits per heavy atom. The van der Waals surface area contributed by atoms with Gasteiger partial charge in [0, 0.05) is 24.3 Å². The van der Waals surface area contributed by atoms with Gasteiger partial charge in [-0.25, -0.2) is 0 Å². The Bertz CT molecular complexity index is 1100. The van der Waals surface area contributed by atoms with Gasteiger partial charge in [0.05, 0.1) is 17.7 Å². The predicted molar refractivity (Wildman–Crippen MR) is 106 cm³/mol. The first kappa shape index (κ1) is 18.0. The van der Waals surface area contributed by atoms with E-state index in [0.29, 0.717) is 33.6 Å². The van der Waals surface area contributed by atoms with Crippen molar-refractivity contribution < 1.29 is 17.9 Å². The number of halogens is 3. The van der Waals surface area contributed by atoms with E-state index in [4.69, 9.17) is 16.3 Å². The number of nitrogens with zero attached hydrogens (tertiary/aromatic N) is 2. The van der Waals surface area contributed by atoms with Crippen molar-refractivity contribution in [2.45, 2.75) is 27.7 Å². The van der Waals surface area contributed by atoms with Gasteiger partial charge in [0.25, 0.3) is 0 Å². The third kappa shape index (κ3) is 2.36. The topological polar surface area (TPSA) is 17.2 Å². The lowest BCUT2D eigenvalue weighted by Gasteiger charge is -2.34. The summed E-state index contributed by atoms with van der Waals surface area (Å²) in [6.07, 6.45) is 1.81. The van der Waals surface area contributed by atoms with Crippen molar-refractivity contribution in [3.63, 3.8) is 0 Å². The van der Waals surface area contributed by atoms with Gasteiger partial charge in [-0.1, -0.05) is 17.7 Å². The van der Waals surface area contributed by atoms with E-state index in [1.54, 1.807) is 27.0 Å². The molecule has 0 spiro atoms. The molecule has 1 aromatic heterocycles. The maximum atomic E-state index is 15.6. The molecule has 0 saturated heterocycles. The summed E-state index contributed by atoms with van der Waals surface area (Å²) in [7, 11) is 1.55. The van der Waals surface area contributed by atoms with Crippen molar-refractivity contribution in [1.82, 2.24) is 4.48 Å². The summed E-state index contributed by atoms with van der Waals surface area (Å²) in [6, 6.07) is 7.22. The molecule has 27 heavy (non-hydrogen) atoms. The van der Waals surface area contributed by atoms with Crippen LogP contribution in [0.5, 0.6) is 5.75 Å². The van der Waals surface area contributed by atoms with Crippen LogP contribution in [0.3, 0.4) is 0 Å². The SMILES string of the molecule is COc1cc(C2=C3C(C)=CC(C)=[N+]3[B-](F)(F)n3c(C)cc(C)c32)ccc1Cl. The second-order valence-electron chi connectivity index (χ2n) is 7.19. The standard InChI is InChI=1S/C20H20BClF2N2O/c1-11-8-13(3)25-19(11)18(15-6-7-16(22)17(10-15)27-5)20-12(2)9-14(4)26(20)21(25,23)24/h6-10H,1-5H3. The van der Waals surface area contributed by atoms with Crippen LogP contribution in [-0.2, 0) is 0 Å². The average Bonchev–Trinajstić information content (AvgIpc) is 3.06. The van der Waals surface area contributed by atoms with Gasteiger partial charge in [0.15, 0.2) is 5.70 Å². The number of allylic oxidation sites excluding steroid dienone is 2. The van der Waals surface area contributed by atoms with Crippen LogP contribution < -0.4 is 4.74 Å². The van der Waals surface area contributed by atoms with E-state index in [2.05, 4.69) is 0 Å². The van der Waals surface area contributed by atoms with E-state index in [1.165, 1.54) is 8.96 Å². The number of benzene rings is 1. The number of rotatable bonds is 2. The molecule has 4 rings (SSSR count). The Morgan fingerprint density at radius 3 is 2.48 bits per heavy atom. The van der Waals surface area contributed by atoms with Crippen molar-refractivity contribution in [2.75, 3.05) is 7.11 Å². The number of methoxy groups -OCH3 is 1. The molecule has 1 aromatic carbocycles. The minimum absolute atomic E-state index is 0.485. The van der Waals surface area contributed by atoms with Crippen molar-refractivity contribution in [3.8, 4) is 5.75 Å². The molecule has 0 N–H and O–H groups in total. The Kier molecular flexibility index (Phi) is 3.90. The molecule has 0 radical (unpaired) electrons. The van der Waals surface area contributed by atoms with Crippen LogP contribution in [0, 0.1) is 13.8 Å². The Hall–Kier alpha value is -2.34. The lowest BCUT2D eigenvalue weighted by Crippen LogP contribution is -2.51. The molecule has 140 valence electrons. The van der Waals surface area contributed by atoms with Crippen LogP contribution in [0.25, 0.3) is 5.57 Å². The number of aromatic nitrogens is 1. The molecule has 3 nitrogen and oxygen atoms in total. The highest BCUT2D eigenvalue weighted by Crippen LogP contribution is 2.45. The largest absolute Gasteiger partial charge is 0.737 e. The summed E-state index contributed by atoms with van der Waals surface area (Å²) in [4.78, 5) is 0. The van der Waals surface area contributed by atoms with Gasteiger partial charge >= 0.3 is 6.97 Å². The quantitative estimate of drug-likeness (QED) is 0.647. The molecule has 2 aliphatic heterocycles. The number of ether oxygens (including phenoxy) is 1. The predicted octanol–water partition coefficient (Wildman–Crippen LogP) is 5.20. The zero-order chi connectivity index (χ0) is 19.7. The first-order valence-corrected chi connectivity index (χ1v) is 9.17. The molecular formula is C20H20BClF2N2O. The van der Waals surface area contributed by atoms with Crippen LogP contribution >= 0.6 is 11.6 Å². The molecular weight excluding hydrogens is 368 g/mol. The van der Waals surface area contributed by atoms with E-state index in [0.717, 1.165) is 22.3 Å². The maximum Gasteiger partial charge on any atom is 0.737 e. The zero-order valence-corrected chi connectivity index (χ0v) is 16.7. The molecule has 2 aliphatic rings. The fraction of sp³-hybridized carbons (Fsp3) is 0.250. The normalized spacial score (nSPS) is 17.9. The third-order valence-electron chi connectivity index (χ3n) is 5.37. The number of aryl methyl sites for hydroxylation is 2. The van der Waals surface area contributed by atoms with Gasteiger partial charge in [-0.15, -0.1) is 0 Å². The van der Waals surface area contributed by atoms with Crippen LogP contribution in [0.15, 0.2) is 41.6 Å². The number of hydrogen-bond acceptors (Lipinski definition) is 1. The van der Waals surface area contributed by atoms with Crippen LogP contribution in [-0.4, -0.2) is 28.8 Å². The average molecular weight is 389 g/mol. The highest BCUT2D eigenvalue weighted by atomic mass is 35.5. The van der Waals surface area contributed by atoms with E-state index in [9.17, 15) is 0 Å². The Labute approximate surface area is 162 Å². The van der Waals surface area contributed by atoms with E-state index in [-0.39, 0.29) is 0 Å². The van der Waals surface area contributed by atoms with Gasteiger partial charge in [-0.3, -0.25) is 0 Å². The number of fused-ring (bicyclic) bond motifs is 2. The smallest absolute Gasteiger partial charge is 0.495 e. The molecule has 2 aromatic rings. The molecule has 0 aliphatic carbocycles. The minimum Gasteiger partial charge on any atom is -0.495 e. The summed E-state index contributed by atoms with van der Waals surface area (Å²) >= 11 is 6.19. The maximum absolute atomic E-state index is 15.6. The summed E-state index contributed by atoms with van der Waals surface area (Å²) < 4.78 is 38.9. The van der Waals surface area contributed by atoms with E-state index >= 15 is 8.63 Å². The molecule has 0 bridgehead atoms. The molecule has 0 saturated carbocycles. The van der Waals surface area contributed by atoms with Crippen LogP contribution in [0.2, 0.25) is 5.02 Å². The number of hydrogen-bond donors (Lipinski definition) is 0. The molecule has 0 fully saturated rings. The van der Waals surface area contributed by atoms with Crippen molar-refractivity contribution >= 4 is 29.9 Å². The van der Waals surface area contributed by atoms with Crippen LogP contribution in [0.4, 0.5) is 8.63 Å². The van der Waals surface area contributed by atoms with Crippen molar-refractivity contribution in [2.24, 2.45) is 0 Å². The second kappa shape index (κ2) is 5.83. The van der Waals surface area contributed by atoms with E-state index in [1.807, 2.05) is 38.1 Å². The van der Waals surface area contributed by atoms with E-state index < -0.39 is 6.97 Å². The van der Waals surface area contributed by atoms with Gasteiger partial charge in [0.1, 0.15) is 11.5 Å². The van der Waals surface area contributed by atoms with Gasteiger partial charge in [-0.05, 0) is 55.8 Å². The first-order chi connectivity index (χ1) is 12.7. The Balaban J connectivity index is 2.15. The van der Waals surface area contributed by atoms with Crippen LogP contribution in [0.1, 0.15) is 36.4 Å². The molecule has 3 heterocycles. The van der Waals surface area contributed by atoms with Crippen molar-refractivity contribution in [3.05, 3.63) is 69.1 Å². The molecule has 0 unspecified atom stereocenters. The fourth-order valence-corrected chi connectivity index (χ4v) is 4.58. The van der Waals surface area contributed by atoms with Crippen molar-refractivity contribution in [1.29, 1.82) is 0 Å². The Morgan fingerprint density at radius 2 is 1.81 bits per heavy atom. The lowest BCUT2D eigenvalue weighted by atomic mass is 9.84. The monoisotopic (exact) mass is 388 g/mol. The van der Waals surface area contributed by atoms with Gasteiger partial charge in [-0.2, -0.15) is 0 Å². The lowest BCUT2D eigenvalue weighted by molar-refractivity contribution is -0.363. The van der Waals surface area contributed by atoms with Gasteiger partial charge < -0.3 is 22.3 Å². The summed E-state index contributed by atoms with van der Waals surface area (Å²) in [6.45, 7) is 3.23.